The van der Waals surface area contributed by atoms with Crippen LogP contribution < -0.4 is 0 Å². The SMILES string of the molecule is CCCCSCCCN(C)SCC. The third-order valence-electron chi connectivity index (χ3n) is 1.75. The zero-order valence-electron chi connectivity index (χ0n) is 9.21. The minimum atomic E-state index is 1.19. The molecule has 0 rings (SSSR count). The molecule has 0 unspecified atom stereocenters. The van der Waals surface area contributed by atoms with Gasteiger partial charge in [-0.3, -0.25) is 4.31 Å². The predicted octanol–water partition coefficient (Wildman–Crippen LogP) is 3.51. The van der Waals surface area contributed by atoms with E-state index in [4.69, 9.17) is 0 Å². The highest BCUT2D eigenvalue weighted by Gasteiger charge is 1.96. The largest absolute Gasteiger partial charge is 0.254 e. The molecule has 0 atom stereocenters. The lowest BCUT2D eigenvalue weighted by Gasteiger charge is -2.13. The van der Waals surface area contributed by atoms with Gasteiger partial charge in [0.15, 0.2) is 0 Å². The summed E-state index contributed by atoms with van der Waals surface area (Å²) in [5.41, 5.74) is 0. The minimum Gasteiger partial charge on any atom is -0.254 e. The summed E-state index contributed by atoms with van der Waals surface area (Å²) in [6, 6.07) is 0. The van der Waals surface area contributed by atoms with Crippen LogP contribution in [0.2, 0.25) is 0 Å². The van der Waals surface area contributed by atoms with E-state index >= 15 is 0 Å². The van der Waals surface area contributed by atoms with Crippen molar-refractivity contribution in [2.75, 3.05) is 30.9 Å². The van der Waals surface area contributed by atoms with Gasteiger partial charge in [0.1, 0.15) is 0 Å². The molecule has 0 N–H and O–H groups in total. The summed E-state index contributed by atoms with van der Waals surface area (Å²) in [6.07, 6.45) is 4.04. The van der Waals surface area contributed by atoms with Crippen LogP contribution in [0.3, 0.4) is 0 Å². The lowest BCUT2D eigenvalue weighted by atomic mass is 10.4. The molecule has 13 heavy (non-hydrogen) atoms. The van der Waals surface area contributed by atoms with Crippen LogP contribution in [0.5, 0.6) is 0 Å². The Balaban J connectivity index is 2.97. The average Bonchev–Trinajstić information content (AvgIpc) is 2.11. The maximum absolute atomic E-state index is 2.35. The second-order valence-corrected chi connectivity index (χ2v) is 5.77. The number of thioether (sulfide) groups is 1. The van der Waals surface area contributed by atoms with Crippen molar-refractivity contribution in [1.82, 2.24) is 4.31 Å². The van der Waals surface area contributed by atoms with Gasteiger partial charge in [-0.1, -0.05) is 32.2 Å². The number of hydrogen-bond donors (Lipinski definition) is 0. The summed E-state index contributed by atoms with van der Waals surface area (Å²) < 4.78 is 2.35. The molecule has 0 heterocycles. The van der Waals surface area contributed by atoms with Gasteiger partial charge >= 0.3 is 0 Å². The third kappa shape index (κ3) is 10.6. The Bertz CT molecular complexity index is 98.9. The number of nitrogens with zero attached hydrogens (tertiary/aromatic N) is 1. The lowest BCUT2D eigenvalue weighted by Crippen LogP contribution is -2.11. The molecule has 0 aliphatic heterocycles. The van der Waals surface area contributed by atoms with E-state index in [1.807, 2.05) is 11.9 Å². The first kappa shape index (κ1) is 13.7. The van der Waals surface area contributed by atoms with E-state index in [1.54, 1.807) is 0 Å². The smallest absolute Gasteiger partial charge is 0.00940 e. The lowest BCUT2D eigenvalue weighted by molar-refractivity contribution is 0.562. The van der Waals surface area contributed by atoms with Gasteiger partial charge in [-0.25, -0.2) is 0 Å². The standard InChI is InChI=1S/C10H23NS2/c1-4-6-9-12-10-7-8-11(3)13-5-2/h4-10H2,1-3H3. The van der Waals surface area contributed by atoms with Crippen molar-refractivity contribution in [1.29, 1.82) is 0 Å². The molecule has 0 aliphatic rings. The highest BCUT2D eigenvalue weighted by atomic mass is 32.2. The van der Waals surface area contributed by atoms with Crippen LogP contribution in [0, 0.1) is 0 Å². The van der Waals surface area contributed by atoms with E-state index in [0.29, 0.717) is 0 Å². The first-order chi connectivity index (χ1) is 6.31. The van der Waals surface area contributed by atoms with Crippen LogP contribution in [0.15, 0.2) is 0 Å². The van der Waals surface area contributed by atoms with Crippen LogP contribution in [0.1, 0.15) is 33.1 Å². The highest BCUT2D eigenvalue weighted by Crippen LogP contribution is 2.10. The van der Waals surface area contributed by atoms with Gasteiger partial charge in [0.05, 0.1) is 0 Å². The summed E-state index contributed by atoms with van der Waals surface area (Å²) in [5, 5.41) is 0. The van der Waals surface area contributed by atoms with E-state index in [1.165, 1.54) is 43.1 Å². The topological polar surface area (TPSA) is 3.24 Å². The van der Waals surface area contributed by atoms with Crippen LogP contribution >= 0.6 is 23.7 Å². The van der Waals surface area contributed by atoms with Crippen molar-refractivity contribution in [3.63, 3.8) is 0 Å². The number of unbranched alkanes of at least 4 members (excludes halogenated alkanes) is 1. The molecule has 0 saturated carbocycles. The molecular weight excluding hydrogens is 198 g/mol. The fourth-order valence-electron chi connectivity index (χ4n) is 1.02. The summed E-state index contributed by atoms with van der Waals surface area (Å²) in [6.45, 7) is 5.70. The number of hydrogen-bond acceptors (Lipinski definition) is 3. The quantitative estimate of drug-likeness (QED) is 0.433. The molecule has 0 spiro atoms. The fourth-order valence-corrected chi connectivity index (χ4v) is 2.75. The van der Waals surface area contributed by atoms with Gasteiger partial charge in [-0.2, -0.15) is 11.8 Å². The van der Waals surface area contributed by atoms with E-state index in [0.717, 1.165) is 0 Å². The van der Waals surface area contributed by atoms with Crippen molar-refractivity contribution in [2.24, 2.45) is 0 Å². The van der Waals surface area contributed by atoms with E-state index in [2.05, 4.69) is 37.0 Å². The molecule has 0 aromatic rings. The Morgan fingerprint density at radius 1 is 1.08 bits per heavy atom. The number of rotatable bonds is 9. The molecular formula is C10H23NS2. The molecule has 0 bridgehead atoms. The van der Waals surface area contributed by atoms with Crippen molar-refractivity contribution in [3.05, 3.63) is 0 Å². The summed E-state index contributed by atoms with van der Waals surface area (Å²) in [5.74, 6) is 3.87. The van der Waals surface area contributed by atoms with Gasteiger partial charge < -0.3 is 0 Å². The van der Waals surface area contributed by atoms with Crippen LogP contribution in [0.4, 0.5) is 0 Å². The van der Waals surface area contributed by atoms with Gasteiger partial charge in [-0.15, -0.1) is 0 Å². The van der Waals surface area contributed by atoms with E-state index in [9.17, 15) is 0 Å². The zero-order valence-corrected chi connectivity index (χ0v) is 10.8. The Morgan fingerprint density at radius 3 is 2.38 bits per heavy atom. The summed E-state index contributed by atoms with van der Waals surface area (Å²) in [4.78, 5) is 0. The second kappa shape index (κ2) is 10.7. The van der Waals surface area contributed by atoms with Gasteiger partial charge in [0.2, 0.25) is 0 Å². The van der Waals surface area contributed by atoms with Crippen molar-refractivity contribution < 1.29 is 0 Å². The highest BCUT2D eigenvalue weighted by molar-refractivity contribution is 7.99. The molecule has 3 heteroatoms. The minimum absolute atomic E-state index is 1.19. The van der Waals surface area contributed by atoms with Gasteiger partial charge in [0, 0.05) is 12.3 Å². The van der Waals surface area contributed by atoms with Crippen molar-refractivity contribution in [2.45, 2.75) is 33.1 Å². The molecule has 0 amide bonds. The summed E-state index contributed by atoms with van der Waals surface area (Å²) >= 11 is 4.03. The van der Waals surface area contributed by atoms with Crippen molar-refractivity contribution in [3.8, 4) is 0 Å². The average molecular weight is 221 g/mol. The predicted molar refractivity (Wildman–Crippen MR) is 67.6 cm³/mol. The second-order valence-electron chi connectivity index (χ2n) is 3.09. The fraction of sp³-hybridized carbons (Fsp3) is 1.00. The molecule has 0 aliphatic carbocycles. The molecule has 0 saturated heterocycles. The Hall–Kier alpha value is 0.660. The van der Waals surface area contributed by atoms with Crippen LogP contribution in [0.25, 0.3) is 0 Å². The Labute approximate surface area is 92.2 Å². The summed E-state index contributed by atoms with van der Waals surface area (Å²) in [7, 11) is 2.19. The normalized spacial score (nSPS) is 11.1. The van der Waals surface area contributed by atoms with Crippen LogP contribution in [-0.2, 0) is 0 Å². The van der Waals surface area contributed by atoms with E-state index < -0.39 is 0 Å². The molecule has 1 nitrogen and oxygen atoms in total. The Kier molecular flexibility index (Phi) is 11.3. The van der Waals surface area contributed by atoms with Gasteiger partial charge in [0.25, 0.3) is 0 Å². The molecule has 80 valence electrons. The first-order valence-corrected chi connectivity index (χ1v) is 7.32. The monoisotopic (exact) mass is 221 g/mol. The Morgan fingerprint density at radius 2 is 1.77 bits per heavy atom. The first-order valence-electron chi connectivity index (χ1n) is 5.23. The molecule has 0 fully saturated rings. The van der Waals surface area contributed by atoms with Crippen LogP contribution in [-0.4, -0.2) is 35.2 Å². The maximum atomic E-state index is 2.35. The molecule has 0 aromatic heterocycles. The van der Waals surface area contributed by atoms with Gasteiger partial charge in [-0.05, 0) is 31.4 Å². The molecule has 0 aromatic carbocycles. The molecule has 0 radical (unpaired) electrons. The van der Waals surface area contributed by atoms with E-state index in [-0.39, 0.29) is 0 Å². The third-order valence-corrected chi connectivity index (χ3v) is 3.79. The maximum Gasteiger partial charge on any atom is 0.00940 e. The van der Waals surface area contributed by atoms with Crippen molar-refractivity contribution >= 4 is 23.7 Å². The zero-order chi connectivity index (χ0) is 9.94.